The van der Waals surface area contributed by atoms with Crippen molar-refractivity contribution in [3.63, 3.8) is 0 Å². The van der Waals surface area contributed by atoms with E-state index in [2.05, 4.69) is 10.6 Å². The SMILES string of the molecule is O=C(O)Cc1ccccc1CNCCC(=O)NC1CC1. The molecule has 0 atom stereocenters. The molecule has 2 rings (SSSR count). The fraction of sp³-hybridized carbons (Fsp3) is 0.467. The quantitative estimate of drug-likeness (QED) is 0.621. The predicted octanol–water partition coefficient (Wildman–Crippen LogP) is 1.07. The van der Waals surface area contributed by atoms with Crippen LogP contribution >= 0.6 is 0 Å². The minimum atomic E-state index is -0.832. The Bertz CT molecular complexity index is 484. The normalized spacial score (nSPS) is 14.0. The van der Waals surface area contributed by atoms with Gasteiger partial charge in [-0.3, -0.25) is 9.59 Å². The lowest BCUT2D eigenvalue weighted by Gasteiger charge is -2.09. The van der Waals surface area contributed by atoms with E-state index in [1.54, 1.807) is 0 Å². The van der Waals surface area contributed by atoms with Gasteiger partial charge in [0.2, 0.25) is 5.91 Å². The second-order valence-corrected chi connectivity index (χ2v) is 5.11. The van der Waals surface area contributed by atoms with Gasteiger partial charge >= 0.3 is 5.97 Å². The van der Waals surface area contributed by atoms with Crippen molar-refractivity contribution in [2.24, 2.45) is 0 Å². The molecule has 5 nitrogen and oxygen atoms in total. The standard InChI is InChI=1S/C15H20N2O3/c18-14(17-13-5-6-13)7-8-16-10-12-4-2-1-3-11(12)9-15(19)20/h1-4,13,16H,5-10H2,(H,17,18)(H,19,20). The lowest BCUT2D eigenvalue weighted by atomic mass is 10.0. The van der Waals surface area contributed by atoms with Crippen LogP contribution in [0, 0.1) is 0 Å². The van der Waals surface area contributed by atoms with Crippen LogP contribution in [0.15, 0.2) is 24.3 Å². The Kier molecular flexibility index (Phi) is 5.12. The van der Waals surface area contributed by atoms with Gasteiger partial charge in [0, 0.05) is 25.6 Å². The first-order chi connectivity index (χ1) is 9.65. The number of amides is 1. The smallest absolute Gasteiger partial charge is 0.307 e. The maximum atomic E-state index is 11.5. The van der Waals surface area contributed by atoms with E-state index >= 15 is 0 Å². The minimum Gasteiger partial charge on any atom is -0.481 e. The number of carboxylic acids is 1. The molecule has 5 heteroatoms. The summed E-state index contributed by atoms with van der Waals surface area (Å²) in [6.07, 6.45) is 2.68. The van der Waals surface area contributed by atoms with Gasteiger partial charge in [-0.1, -0.05) is 24.3 Å². The van der Waals surface area contributed by atoms with Gasteiger partial charge in [0.05, 0.1) is 6.42 Å². The zero-order valence-electron chi connectivity index (χ0n) is 11.4. The monoisotopic (exact) mass is 276 g/mol. The molecule has 0 unspecified atom stereocenters. The highest BCUT2D eigenvalue weighted by molar-refractivity contribution is 5.76. The highest BCUT2D eigenvalue weighted by atomic mass is 16.4. The van der Waals surface area contributed by atoms with Gasteiger partial charge in [-0.15, -0.1) is 0 Å². The van der Waals surface area contributed by atoms with Crippen LogP contribution in [-0.4, -0.2) is 29.6 Å². The summed E-state index contributed by atoms with van der Waals surface area (Å²) in [5.74, 6) is -0.750. The summed E-state index contributed by atoms with van der Waals surface area (Å²) in [6.45, 7) is 1.18. The van der Waals surface area contributed by atoms with Crippen molar-refractivity contribution < 1.29 is 14.7 Å². The Balaban J connectivity index is 1.72. The van der Waals surface area contributed by atoms with Crippen LogP contribution in [-0.2, 0) is 22.6 Å². The molecule has 0 aliphatic heterocycles. The topological polar surface area (TPSA) is 78.4 Å². The lowest BCUT2D eigenvalue weighted by molar-refractivity contribution is -0.136. The number of carbonyl (C=O) groups is 2. The van der Waals surface area contributed by atoms with Gasteiger partial charge in [-0.2, -0.15) is 0 Å². The van der Waals surface area contributed by atoms with Crippen molar-refractivity contribution in [2.75, 3.05) is 6.54 Å². The summed E-state index contributed by atoms with van der Waals surface area (Å²) in [4.78, 5) is 22.3. The molecule has 20 heavy (non-hydrogen) atoms. The van der Waals surface area contributed by atoms with E-state index in [4.69, 9.17) is 5.11 Å². The summed E-state index contributed by atoms with van der Waals surface area (Å²) >= 11 is 0. The molecule has 0 radical (unpaired) electrons. The number of carboxylic acid groups (broad SMARTS) is 1. The van der Waals surface area contributed by atoms with Gasteiger partial charge in [0.15, 0.2) is 0 Å². The maximum absolute atomic E-state index is 11.5. The number of rotatable bonds is 8. The van der Waals surface area contributed by atoms with E-state index in [0.29, 0.717) is 25.6 Å². The van der Waals surface area contributed by atoms with E-state index in [0.717, 1.165) is 24.0 Å². The molecule has 1 saturated carbocycles. The van der Waals surface area contributed by atoms with Crippen molar-refractivity contribution in [2.45, 2.75) is 38.3 Å². The fourth-order valence-corrected chi connectivity index (χ4v) is 2.02. The van der Waals surface area contributed by atoms with Crippen molar-refractivity contribution >= 4 is 11.9 Å². The number of aliphatic carboxylic acids is 1. The Labute approximate surface area is 118 Å². The number of benzene rings is 1. The van der Waals surface area contributed by atoms with Gasteiger partial charge in [-0.05, 0) is 24.0 Å². The molecule has 108 valence electrons. The first-order valence-electron chi connectivity index (χ1n) is 6.94. The second-order valence-electron chi connectivity index (χ2n) is 5.11. The minimum absolute atomic E-state index is 0.0278. The molecule has 1 fully saturated rings. The summed E-state index contributed by atoms with van der Waals surface area (Å²) in [5, 5.41) is 15.0. The van der Waals surface area contributed by atoms with Crippen LogP contribution in [0.3, 0.4) is 0 Å². The van der Waals surface area contributed by atoms with Crippen LogP contribution in [0.25, 0.3) is 0 Å². The molecular formula is C15H20N2O3. The van der Waals surface area contributed by atoms with Crippen molar-refractivity contribution in [3.05, 3.63) is 35.4 Å². The first kappa shape index (κ1) is 14.5. The van der Waals surface area contributed by atoms with Gasteiger partial charge in [0.25, 0.3) is 0 Å². The van der Waals surface area contributed by atoms with Crippen LogP contribution < -0.4 is 10.6 Å². The summed E-state index contributed by atoms with van der Waals surface area (Å²) in [7, 11) is 0. The highest BCUT2D eigenvalue weighted by Crippen LogP contribution is 2.18. The Morgan fingerprint density at radius 3 is 2.55 bits per heavy atom. The molecular weight excluding hydrogens is 256 g/mol. The Morgan fingerprint density at radius 1 is 1.20 bits per heavy atom. The number of hydrogen-bond donors (Lipinski definition) is 3. The largest absolute Gasteiger partial charge is 0.481 e. The molecule has 1 aliphatic carbocycles. The third-order valence-corrected chi connectivity index (χ3v) is 3.25. The van der Waals surface area contributed by atoms with E-state index in [-0.39, 0.29) is 12.3 Å². The van der Waals surface area contributed by atoms with Gasteiger partial charge in [0.1, 0.15) is 0 Å². The molecule has 1 aliphatic rings. The second kappa shape index (κ2) is 7.05. The molecule has 0 bridgehead atoms. The summed E-state index contributed by atoms with van der Waals surface area (Å²) in [6, 6.07) is 7.87. The van der Waals surface area contributed by atoms with Gasteiger partial charge in [-0.25, -0.2) is 0 Å². The Hall–Kier alpha value is -1.88. The van der Waals surface area contributed by atoms with E-state index < -0.39 is 5.97 Å². The van der Waals surface area contributed by atoms with E-state index in [9.17, 15) is 9.59 Å². The molecule has 0 saturated heterocycles. The summed E-state index contributed by atoms with van der Waals surface area (Å²) in [5.41, 5.74) is 1.78. The number of carbonyl (C=O) groups excluding carboxylic acids is 1. The van der Waals surface area contributed by atoms with Crippen LogP contribution in [0.1, 0.15) is 30.4 Å². The maximum Gasteiger partial charge on any atom is 0.307 e. The van der Waals surface area contributed by atoms with Crippen LogP contribution in [0.4, 0.5) is 0 Å². The van der Waals surface area contributed by atoms with Crippen molar-refractivity contribution in [1.29, 1.82) is 0 Å². The number of hydrogen-bond acceptors (Lipinski definition) is 3. The number of nitrogens with one attached hydrogen (secondary N) is 2. The molecule has 1 aromatic carbocycles. The zero-order valence-corrected chi connectivity index (χ0v) is 11.4. The fourth-order valence-electron chi connectivity index (χ4n) is 2.02. The molecule has 0 spiro atoms. The summed E-state index contributed by atoms with van der Waals surface area (Å²) < 4.78 is 0. The molecule has 0 heterocycles. The zero-order chi connectivity index (χ0) is 14.4. The van der Waals surface area contributed by atoms with Gasteiger partial charge < -0.3 is 15.7 Å². The average Bonchev–Trinajstić information content (AvgIpc) is 3.19. The molecule has 1 aromatic rings. The van der Waals surface area contributed by atoms with E-state index in [1.165, 1.54) is 0 Å². The Morgan fingerprint density at radius 2 is 1.90 bits per heavy atom. The third-order valence-electron chi connectivity index (χ3n) is 3.25. The van der Waals surface area contributed by atoms with E-state index in [1.807, 2.05) is 24.3 Å². The molecule has 1 amide bonds. The highest BCUT2D eigenvalue weighted by Gasteiger charge is 2.22. The first-order valence-corrected chi connectivity index (χ1v) is 6.94. The molecule has 0 aromatic heterocycles. The third kappa shape index (κ3) is 5.01. The van der Waals surface area contributed by atoms with Crippen LogP contribution in [0.2, 0.25) is 0 Å². The lowest BCUT2D eigenvalue weighted by Crippen LogP contribution is -2.29. The van der Waals surface area contributed by atoms with Crippen molar-refractivity contribution in [1.82, 2.24) is 10.6 Å². The van der Waals surface area contributed by atoms with Crippen molar-refractivity contribution in [3.8, 4) is 0 Å². The predicted molar refractivity (Wildman–Crippen MR) is 75.3 cm³/mol. The molecule has 3 N–H and O–H groups in total. The average molecular weight is 276 g/mol. The van der Waals surface area contributed by atoms with Crippen LogP contribution in [0.5, 0.6) is 0 Å².